The van der Waals surface area contributed by atoms with Gasteiger partial charge in [-0.15, -0.1) is 0 Å². The first kappa shape index (κ1) is 28.4. The average molecular weight is 617 g/mol. The van der Waals surface area contributed by atoms with Crippen LogP contribution in [0.25, 0.3) is 77.2 Å². The monoisotopic (exact) mass is 616 g/mol. The lowest BCUT2D eigenvalue weighted by molar-refractivity contribution is 1.17. The Bertz CT molecular complexity index is 2420. The Morgan fingerprint density at radius 3 is 0.896 bits per heavy atom. The second kappa shape index (κ2) is 10.9. The lowest BCUT2D eigenvalue weighted by Crippen LogP contribution is -1.98. The second-order valence-corrected chi connectivity index (χ2v) is 13.2. The summed E-state index contributed by atoms with van der Waals surface area (Å²) in [7, 11) is 0. The summed E-state index contributed by atoms with van der Waals surface area (Å²) < 4.78 is 4.79. The van der Waals surface area contributed by atoms with Crippen molar-refractivity contribution in [2.45, 2.75) is 27.7 Å². The molecule has 0 aliphatic rings. The highest BCUT2D eigenvalue weighted by molar-refractivity contribution is 6.10. The van der Waals surface area contributed by atoms with Crippen molar-refractivity contribution in [3.63, 3.8) is 0 Å². The number of hydrogen-bond acceptors (Lipinski definition) is 0. The first-order valence-corrected chi connectivity index (χ1v) is 16.8. The third-order valence-corrected chi connectivity index (χ3v) is 10.2. The first-order valence-electron chi connectivity index (χ1n) is 16.8. The summed E-state index contributed by atoms with van der Waals surface area (Å²) in [4.78, 5) is 0. The minimum Gasteiger partial charge on any atom is -0.309 e. The largest absolute Gasteiger partial charge is 0.309 e. The Labute approximate surface area is 281 Å². The van der Waals surface area contributed by atoms with Crippen molar-refractivity contribution >= 4 is 43.6 Å². The van der Waals surface area contributed by atoms with E-state index in [9.17, 15) is 0 Å². The molecule has 0 radical (unpaired) electrons. The average Bonchev–Trinajstić information content (AvgIpc) is 3.63. The number of rotatable bonds is 4. The highest BCUT2D eigenvalue weighted by Crippen LogP contribution is 2.38. The molecule has 0 fully saturated rings. The zero-order chi connectivity index (χ0) is 32.5. The van der Waals surface area contributed by atoms with Gasteiger partial charge in [-0.2, -0.15) is 0 Å². The van der Waals surface area contributed by atoms with Gasteiger partial charge in [0.25, 0.3) is 0 Å². The first-order chi connectivity index (χ1) is 23.5. The van der Waals surface area contributed by atoms with Crippen LogP contribution < -0.4 is 0 Å². The summed E-state index contributed by atoms with van der Waals surface area (Å²) in [6.45, 7) is 8.99. The Kier molecular flexibility index (Phi) is 6.42. The van der Waals surface area contributed by atoms with E-state index in [1.165, 1.54) is 99.5 Å². The third kappa shape index (κ3) is 4.26. The van der Waals surface area contributed by atoms with Gasteiger partial charge in [-0.25, -0.2) is 0 Å². The molecular formula is C46H36N2. The highest BCUT2D eigenvalue weighted by atomic mass is 15.0. The van der Waals surface area contributed by atoms with Gasteiger partial charge in [-0.05, 0) is 121 Å². The van der Waals surface area contributed by atoms with Crippen molar-refractivity contribution < 1.29 is 0 Å². The molecule has 0 bridgehead atoms. The third-order valence-electron chi connectivity index (χ3n) is 10.2. The smallest absolute Gasteiger partial charge is 0.0541 e. The van der Waals surface area contributed by atoms with Crippen LogP contribution in [0.2, 0.25) is 0 Å². The van der Waals surface area contributed by atoms with Gasteiger partial charge in [-0.1, -0.05) is 97.1 Å². The Hall–Kier alpha value is -5.86. The van der Waals surface area contributed by atoms with Crippen LogP contribution in [-0.2, 0) is 0 Å². The molecule has 2 aromatic heterocycles. The molecule has 9 rings (SSSR count). The molecule has 0 aliphatic carbocycles. The topological polar surface area (TPSA) is 9.86 Å². The molecule has 9 aromatic rings. The van der Waals surface area contributed by atoms with Crippen LogP contribution in [0.15, 0.2) is 146 Å². The fourth-order valence-corrected chi connectivity index (χ4v) is 7.98. The molecule has 2 heterocycles. The lowest BCUT2D eigenvalue weighted by Gasteiger charge is -2.18. The Morgan fingerprint density at radius 2 is 0.583 bits per heavy atom. The number of fused-ring (bicyclic) bond motifs is 6. The molecule has 0 atom stereocenters. The van der Waals surface area contributed by atoms with Crippen LogP contribution in [0, 0.1) is 27.7 Å². The minimum absolute atomic E-state index is 1.19. The van der Waals surface area contributed by atoms with E-state index in [1.807, 2.05) is 0 Å². The number of hydrogen-bond donors (Lipinski definition) is 0. The van der Waals surface area contributed by atoms with Crippen molar-refractivity contribution in [3.8, 4) is 33.6 Å². The maximum Gasteiger partial charge on any atom is 0.0541 e. The van der Waals surface area contributed by atoms with E-state index < -0.39 is 0 Å². The predicted molar refractivity (Wildman–Crippen MR) is 205 cm³/mol. The van der Waals surface area contributed by atoms with Crippen molar-refractivity contribution in [1.29, 1.82) is 0 Å². The quantitative estimate of drug-likeness (QED) is 0.186. The van der Waals surface area contributed by atoms with Crippen LogP contribution in [0.4, 0.5) is 0 Å². The van der Waals surface area contributed by atoms with E-state index in [0.29, 0.717) is 0 Å². The zero-order valence-electron chi connectivity index (χ0n) is 27.8. The van der Waals surface area contributed by atoms with E-state index in [0.717, 1.165) is 0 Å². The molecule has 0 spiro atoms. The number of benzene rings is 7. The normalized spacial score (nSPS) is 11.8. The van der Waals surface area contributed by atoms with E-state index in [4.69, 9.17) is 0 Å². The SMILES string of the molecule is Cc1cc(-n2c3ccccc3c3ccccc32)ccc1-c1cc(C)c(-c2ccc(-n3c4ccccc4c4ccccc43)cc2C)cc1C. The van der Waals surface area contributed by atoms with E-state index in [-0.39, 0.29) is 0 Å². The molecule has 230 valence electrons. The van der Waals surface area contributed by atoms with Crippen molar-refractivity contribution in [3.05, 3.63) is 168 Å². The van der Waals surface area contributed by atoms with Crippen LogP contribution >= 0.6 is 0 Å². The van der Waals surface area contributed by atoms with Gasteiger partial charge in [0.05, 0.1) is 22.1 Å². The maximum atomic E-state index is 2.40. The summed E-state index contributed by atoms with van der Waals surface area (Å²) in [5.74, 6) is 0. The number of aromatic nitrogens is 2. The minimum atomic E-state index is 1.19. The van der Waals surface area contributed by atoms with E-state index in [1.54, 1.807) is 0 Å². The second-order valence-electron chi connectivity index (χ2n) is 13.2. The summed E-state index contributed by atoms with van der Waals surface area (Å²) >= 11 is 0. The van der Waals surface area contributed by atoms with E-state index in [2.05, 4.69) is 182 Å². The summed E-state index contributed by atoms with van der Waals surface area (Å²) in [6, 6.07) is 53.5. The van der Waals surface area contributed by atoms with Gasteiger partial charge in [0.1, 0.15) is 0 Å². The van der Waals surface area contributed by atoms with Crippen molar-refractivity contribution in [2.24, 2.45) is 0 Å². The van der Waals surface area contributed by atoms with Gasteiger partial charge in [0.2, 0.25) is 0 Å². The van der Waals surface area contributed by atoms with Crippen LogP contribution in [0.5, 0.6) is 0 Å². The fourth-order valence-electron chi connectivity index (χ4n) is 7.98. The summed E-state index contributed by atoms with van der Waals surface area (Å²) in [5.41, 5.74) is 17.6. The molecule has 0 N–H and O–H groups in total. The molecule has 0 saturated carbocycles. The summed E-state index contributed by atoms with van der Waals surface area (Å²) in [5, 5.41) is 5.15. The highest BCUT2D eigenvalue weighted by Gasteiger charge is 2.17. The van der Waals surface area contributed by atoms with Gasteiger partial charge in [-0.3, -0.25) is 0 Å². The van der Waals surface area contributed by atoms with Gasteiger partial charge in [0.15, 0.2) is 0 Å². The maximum absolute atomic E-state index is 2.40. The fraction of sp³-hybridized carbons (Fsp3) is 0.0870. The number of para-hydroxylation sites is 4. The van der Waals surface area contributed by atoms with Crippen LogP contribution in [0.1, 0.15) is 22.3 Å². The molecule has 0 amide bonds. The molecule has 2 nitrogen and oxygen atoms in total. The number of nitrogens with zero attached hydrogens (tertiary/aromatic N) is 2. The molecule has 0 saturated heterocycles. The molecule has 48 heavy (non-hydrogen) atoms. The molecule has 0 unspecified atom stereocenters. The lowest BCUT2D eigenvalue weighted by atomic mass is 9.89. The zero-order valence-corrected chi connectivity index (χ0v) is 27.8. The van der Waals surface area contributed by atoms with Gasteiger partial charge >= 0.3 is 0 Å². The number of aryl methyl sites for hydroxylation is 4. The van der Waals surface area contributed by atoms with Crippen LogP contribution in [-0.4, -0.2) is 9.13 Å². The molecular weight excluding hydrogens is 581 g/mol. The molecule has 7 aromatic carbocycles. The van der Waals surface area contributed by atoms with Crippen LogP contribution in [0.3, 0.4) is 0 Å². The van der Waals surface area contributed by atoms with Crippen molar-refractivity contribution in [1.82, 2.24) is 9.13 Å². The molecule has 0 aliphatic heterocycles. The van der Waals surface area contributed by atoms with Gasteiger partial charge in [0, 0.05) is 32.9 Å². The summed E-state index contributed by atoms with van der Waals surface area (Å²) in [6.07, 6.45) is 0. The Morgan fingerprint density at radius 1 is 0.292 bits per heavy atom. The predicted octanol–water partition coefficient (Wildman–Crippen LogP) is 12.4. The van der Waals surface area contributed by atoms with E-state index >= 15 is 0 Å². The standard InChI is InChI=1S/C46H36N2/c1-29-25-33(47-43-17-9-5-13-37(43)38-14-6-10-18-44(38)47)21-23-35(29)41-27-32(4)42(28-31(41)3)36-24-22-34(26-30(36)2)48-45-19-11-7-15-39(45)40-16-8-12-20-46(40)48/h5-28H,1-4H3. The molecule has 2 heteroatoms. The van der Waals surface area contributed by atoms with Gasteiger partial charge < -0.3 is 9.13 Å². The Balaban J connectivity index is 1.10. The van der Waals surface area contributed by atoms with Crippen molar-refractivity contribution in [2.75, 3.05) is 0 Å².